The molecule has 3 nitrogen and oxygen atoms in total. The highest BCUT2D eigenvalue weighted by Gasteiger charge is 2.21. The van der Waals surface area contributed by atoms with E-state index in [0.29, 0.717) is 24.8 Å². The molecule has 1 unspecified atom stereocenters. The van der Waals surface area contributed by atoms with Crippen LogP contribution in [0.1, 0.15) is 31.7 Å². The van der Waals surface area contributed by atoms with Gasteiger partial charge in [-0.05, 0) is 55.5 Å². The molecule has 1 heterocycles. The molecule has 1 aromatic carbocycles. The predicted molar refractivity (Wildman–Crippen MR) is 85.4 cm³/mol. The fraction of sp³-hybridized carbons (Fsp3) is 0.562. The maximum atomic E-state index is 12.0. The molecule has 1 aliphatic rings. The minimum atomic E-state index is 0.163. The lowest BCUT2D eigenvalue weighted by Gasteiger charge is -2.27. The minimum absolute atomic E-state index is 0.163. The van der Waals surface area contributed by atoms with Crippen LogP contribution in [-0.4, -0.2) is 19.0 Å². The number of halogens is 1. The van der Waals surface area contributed by atoms with E-state index in [1.165, 1.54) is 12.8 Å². The van der Waals surface area contributed by atoms with Crippen LogP contribution in [0.3, 0.4) is 0 Å². The largest absolute Gasteiger partial charge is 0.352 e. The number of benzene rings is 1. The van der Waals surface area contributed by atoms with E-state index in [2.05, 4.69) is 33.5 Å². The van der Waals surface area contributed by atoms with Gasteiger partial charge in [-0.25, -0.2) is 0 Å². The molecule has 0 aromatic heterocycles. The summed E-state index contributed by atoms with van der Waals surface area (Å²) in [6, 6.07) is 8.05. The van der Waals surface area contributed by atoms with Gasteiger partial charge in [0.25, 0.3) is 0 Å². The second-order valence-corrected chi connectivity index (χ2v) is 6.59. The quantitative estimate of drug-likeness (QED) is 0.866. The Morgan fingerprint density at radius 3 is 2.90 bits per heavy atom. The third-order valence-corrected chi connectivity index (χ3v) is 4.57. The molecule has 1 fully saturated rings. The molecule has 110 valence electrons. The van der Waals surface area contributed by atoms with E-state index in [4.69, 9.17) is 0 Å². The summed E-state index contributed by atoms with van der Waals surface area (Å²) in [6.45, 7) is 5.00. The zero-order valence-electron chi connectivity index (χ0n) is 12.0. The van der Waals surface area contributed by atoms with Gasteiger partial charge in [-0.2, -0.15) is 0 Å². The van der Waals surface area contributed by atoms with E-state index < -0.39 is 0 Å². The first-order valence-electron chi connectivity index (χ1n) is 7.37. The Labute approximate surface area is 129 Å². The third-order valence-electron chi connectivity index (χ3n) is 4.07. The summed E-state index contributed by atoms with van der Waals surface area (Å²) in [5, 5.41) is 6.39. The highest BCUT2D eigenvalue weighted by atomic mass is 79.9. The van der Waals surface area contributed by atoms with Crippen LogP contribution >= 0.6 is 15.9 Å². The van der Waals surface area contributed by atoms with Gasteiger partial charge in [0.15, 0.2) is 0 Å². The number of hydrogen-bond donors (Lipinski definition) is 2. The number of piperidine rings is 1. The molecule has 0 radical (unpaired) electrons. The van der Waals surface area contributed by atoms with Crippen LogP contribution in [0, 0.1) is 11.8 Å². The third kappa shape index (κ3) is 4.91. The SMILES string of the molecule is CC(CC(=O)NCc1cccc(Br)c1)C1CCNCC1. The fourth-order valence-electron chi connectivity index (χ4n) is 2.79. The van der Waals surface area contributed by atoms with Crippen molar-refractivity contribution < 1.29 is 4.79 Å². The maximum absolute atomic E-state index is 12.0. The molecule has 1 amide bonds. The number of hydrogen-bond acceptors (Lipinski definition) is 2. The Morgan fingerprint density at radius 1 is 1.45 bits per heavy atom. The number of carbonyl (C=O) groups is 1. The molecule has 4 heteroatoms. The lowest BCUT2D eigenvalue weighted by Crippen LogP contribution is -2.33. The molecular weight excluding hydrogens is 316 g/mol. The molecule has 2 N–H and O–H groups in total. The van der Waals surface area contributed by atoms with Crippen LogP contribution in [0.25, 0.3) is 0 Å². The van der Waals surface area contributed by atoms with Crippen LogP contribution in [0.2, 0.25) is 0 Å². The van der Waals surface area contributed by atoms with E-state index >= 15 is 0 Å². The topological polar surface area (TPSA) is 41.1 Å². The van der Waals surface area contributed by atoms with Crippen molar-refractivity contribution >= 4 is 21.8 Å². The maximum Gasteiger partial charge on any atom is 0.220 e. The van der Waals surface area contributed by atoms with Gasteiger partial charge in [0.2, 0.25) is 5.91 Å². The second-order valence-electron chi connectivity index (χ2n) is 5.68. The average molecular weight is 339 g/mol. The van der Waals surface area contributed by atoms with Crippen LogP contribution in [0.5, 0.6) is 0 Å². The summed E-state index contributed by atoms with van der Waals surface area (Å²) in [5.74, 6) is 1.32. The second kappa shape index (κ2) is 7.79. The van der Waals surface area contributed by atoms with Crippen LogP contribution in [0.15, 0.2) is 28.7 Å². The molecule has 1 aliphatic heterocycles. The van der Waals surface area contributed by atoms with Crippen LogP contribution < -0.4 is 10.6 Å². The molecule has 20 heavy (non-hydrogen) atoms. The average Bonchev–Trinajstić information content (AvgIpc) is 2.46. The van der Waals surface area contributed by atoms with E-state index in [1.807, 2.05) is 24.3 Å². The van der Waals surface area contributed by atoms with E-state index in [-0.39, 0.29) is 5.91 Å². The van der Waals surface area contributed by atoms with Crippen molar-refractivity contribution in [3.8, 4) is 0 Å². The summed E-state index contributed by atoms with van der Waals surface area (Å²) in [4.78, 5) is 12.0. The van der Waals surface area contributed by atoms with E-state index in [0.717, 1.165) is 23.1 Å². The molecule has 0 spiro atoms. The zero-order chi connectivity index (χ0) is 14.4. The van der Waals surface area contributed by atoms with Crippen molar-refractivity contribution in [1.29, 1.82) is 0 Å². The van der Waals surface area contributed by atoms with Gasteiger partial charge in [-0.1, -0.05) is 35.0 Å². The summed E-state index contributed by atoms with van der Waals surface area (Å²) in [7, 11) is 0. The molecule has 1 aromatic rings. The first-order chi connectivity index (χ1) is 9.65. The zero-order valence-corrected chi connectivity index (χ0v) is 13.6. The summed E-state index contributed by atoms with van der Waals surface area (Å²) in [6.07, 6.45) is 3.03. The lowest BCUT2D eigenvalue weighted by atomic mass is 9.84. The van der Waals surface area contributed by atoms with Crippen molar-refractivity contribution in [3.05, 3.63) is 34.3 Å². The van der Waals surface area contributed by atoms with Gasteiger partial charge in [-0.15, -0.1) is 0 Å². The van der Waals surface area contributed by atoms with Gasteiger partial charge >= 0.3 is 0 Å². The Balaban J connectivity index is 1.74. The molecule has 2 rings (SSSR count). The summed E-state index contributed by atoms with van der Waals surface area (Å²) < 4.78 is 1.05. The van der Waals surface area contributed by atoms with Crippen molar-refractivity contribution in [2.24, 2.45) is 11.8 Å². The van der Waals surface area contributed by atoms with E-state index in [9.17, 15) is 4.79 Å². The van der Waals surface area contributed by atoms with Crippen molar-refractivity contribution in [1.82, 2.24) is 10.6 Å². The molecular formula is C16H23BrN2O. The van der Waals surface area contributed by atoms with Crippen molar-refractivity contribution in [2.45, 2.75) is 32.7 Å². The molecule has 0 bridgehead atoms. The number of nitrogens with one attached hydrogen (secondary N) is 2. The van der Waals surface area contributed by atoms with Gasteiger partial charge in [0.1, 0.15) is 0 Å². The van der Waals surface area contributed by atoms with Crippen LogP contribution in [0.4, 0.5) is 0 Å². The molecule has 1 atom stereocenters. The molecule has 0 aliphatic carbocycles. The Hall–Kier alpha value is -0.870. The predicted octanol–water partition coefficient (Wildman–Crippen LogP) is 3.09. The Bertz CT molecular complexity index is 444. The van der Waals surface area contributed by atoms with Crippen molar-refractivity contribution in [2.75, 3.05) is 13.1 Å². The van der Waals surface area contributed by atoms with Crippen LogP contribution in [-0.2, 0) is 11.3 Å². The standard InChI is InChI=1S/C16H23BrN2O/c1-12(14-5-7-18-8-6-14)9-16(20)19-11-13-3-2-4-15(17)10-13/h2-4,10,12,14,18H,5-9,11H2,1H3,(H,19,20). The monoisotopic (exact) mass is 338 g/mol. The van der Waals surface area contributed by atoms with Gasteiger partial charge in [0.05, 0.1) is 0 Å². The van der Waals surface area contributed by atoms with Crippen molar-refractivity contribution in [3.63, 3.8) is 0 Å². The van der Waals surface area contributed by atoms with Gasteiger partial charge in [-0.3, -0.25) is 4.79 Å². The summed E-state index contributed by atoms with van der Waals surface area (Å²) >= 11 is 3.44. The lowest BCUT2D eigenvalue weighted by molar-refractivity contribution is -0.122. The summed E-state index contributed by atoms with van der Waals surface area (Å²) in [5.41, 5.74) is 1.13. The highest BCUT2D eigenvalue weighted by molar-refractivity contribution is 9.10. The Kier molecular flexibility index (Phi) is 6.05. The molecule has 0 saturated carbocycles. The first-order valence-corrected chi connectivity index (χ1v) is 8.16. The number of amides is 1. The normalized spacial score (nSPS) is 17.7. The van der Waals surface area contributed by atoms with E-state index in [1.54, 1.807) is 0 Å². The highest BCUT2D eigenvalue weighted by Crippen LogP contribution is 2.24. The Morgan fingerprint density at radius 2 is 2.20 bits per heavy atom. The number of rotatable bonds is 5. The first kappa shape index (κ1) is 15.5. The molecule has 1 saturated heterocycles. The van der Waals surface area contributed by atoms with Gasteiger partial charge in [0, 0.05) is 17.4 Å². The smallest absolute Gasteiger partial charge is 0.220 e. The fourth-order valence-corrected chi connectivity index (χ4v) is 3.24. The number of carbonyl (C=O) groups excluding carboxylic acids is 1. The van der Waals surface area contributed by atoms with Gasteiger partial charge < -0.3 is 10.6 Å². The minimum Gasteiger partial charge on any atom is -0.352 e.